The van der Waals surface area contributed by atoms with Crippen LogP contribution >= 0.6 is 11.3 Å². The first-order valence-electron chi connectivity index (χ1n) is 8.40. The van der Waals surface area contributed by atoms with Crippen LogP contribution < -0.4 is 5.43 Å². The second-order valence-electron chi connectivity index (χ2n) is 5.80. The van der Waals surface area contributed by atoms with E-state index in [2.05, 4.69) is 17.5 Å². The number of hydrazone groups is 1. The van der Waals surface area contributed by atoms with E-state index in [-0.39, 0.29) is 0 Å². The fraction of sp³-hybridized carbons (Fsp3) is 0.143. The number of rotatable bonds is 6. The third-order valence-electron chi connectivity index (χ3n) is 4.10. The van der Waals surface area contributed by atoms with Crippen LogP contribution in [0.15, 0.2) is 77.9 Å². The van der Waals surface area contributed by atoms with Crippen LogP contribution in [0.5, 0.6) is 0 Å². The predicted molar refractivity (Wildman–Crippen MR) is 105 cm³/mol. The molecule has 0 radical (unpaired) electrons. The largest absolute Gasteiger partial charge is 0.372 e. The molecule has 0 atom stereocenters. The normalized spacial score (nSPS) is 11.6. The minimum atomic E-state index is -1.82. The van der Waals surface area contributed by atoms with Gasteiger partial charge in [0.1, 0.15) is 0 Å². The maximum atomic E-state index is 12.8. The van der Waals surface area contributed by atoms with Gasteiger partial charge in [0, 0.05) is 9.75 Å². The van der Waals surface area contributed by atoms with Crippen LogP contribution in [-0.4, -0.2) is 17.2 Å². The molecule has 26 heavy (non-hydrogen) atoms. The van der Waals surface area contributed by atoms with Crippen molar-refractivity contribution in [2.24, 2.45) is 5.10 Å². The van der Waals surface area contributed by atoms with E-state index in [0.29, 0.717) is 11.1 Å². The molecule has 5 heteroatoms. The van der Waals surface area contributed by atoms with Gasteiger partial charge in [0.25, 0.3) is 5.91 Å². The molecule has 0 saturated heterocycles. The van der Waals surface area contributed by atoms with Gasteiger partial charge in [0.05, 0.1) is 6.21 Å². The first-order valence-corrected chi connectivity index (χ1v) is 9.22. The number of nitrogens with one attached hydrogen (secondary N) is 1. The van der Waals surface area contributed by atoms with E-state index in [1.807, 2.05) is 24.3 Å². The van der Waals surface area contributed by atoms with Crippen LogP contribution in [0, 0.1) is 0 Å². The standard InChI is InChI=1S/C21H20N2O2S/c1-2-18-13-14-19(26-18)15-22-23-20(24)21(25,16-9-5-3-6-10-16)17-11-7-4-8-12-17/h3-15,25H,2H2,1H3,(H,23,24)/b22-15-. The maximum Gasteiger partial charge on any atom is 0.281 e. The fourth-order valence-electron chi connectivity index (χ4n) is 2.68. The highest BCUT2D eigenvalue weighted by molar-refractivity contribution is 7.13. The van der Waals surface area contributed by atoms with Gasteiger partial charge in [-0.1, -0.05) is 67.6 Å². The zero-order valence-corrected chi connectivity index (χ0v) is 15.2. The minimum absolute atomic E-state index is 0.489. The van der Waals surface area contributed by atoms with Crippen LogP contribution in [0.4, 0.5) is 0 Å². The number of benzene rings is 2. The van der Waals surface area contributed by atoms with Crippen molar-refractivity contribution >= 4 is 23.5 Å². The van der Waals surface area contributed by atoms with Gasteiger partial charge in [-0.15, -0.1) is 11.3 Å². The smallest absolute Gasteiger partial charge is 0.281 e. The molecule has 3 aromatic rings. The summed E-state index contributed by atoms with van der Waals surface area (Å²) in [5.74, 6) is -0.599. The molecule has 1 heterocycles. The summed E-state index contributed by atoms with van der Waals surface area (Å²) in [4.78, 5) is 15.0. The molecule has 1 aromatic heterocycles. The average Bonchev–Trinajstić information content (AvgIpc) is 3.16. The van der Waals surface area contributed by atoms with Gasteiger partial charge >= 0.3 is 0 Å². The van der Waals surface area contributed by atoms with Crippen molar-refractivity contribution in [3.63, 3.8) is 0 Å². The number of aryl methyl sites for hydroxylation is 1. The number of carbonyl (C=O) groups excluding carboxylic acids is 1. The summed E-state index contributed by atoms with van der Waals surface area (Å²) in [6, 6.07) is 21.7. The van der Waals surface area contributed by atoms with Crippen molar-refractivity contribution < 1.29 is 9.90 Å². The first kappa shape index (κ1) is 18.0. The second kappa shape index (κ2) is 8.08. The molecule has 0 unspecified atom stereocenters. The third kappa shape index (κ3) is 3.74. The molecule has 4 nitrogen and oxygen atoms in total. The summed E-state index contributed by atoms with van der Waals surface area (Å²) < 4.78 is 0. The highest BCUT2D eigenvalue weighted by Crippen LogP contribution is 2.29. The van der Waals surface area contributed by atoms with E-state index < -0.39 is 11.5 Å². The number of hydrogen-bond donors (Lipinski definition) is 2. The molecule has 0 aliphatic carbocycles. The Morgan fingerprint density at radius 2 is 1.62 bits per heavy atom. The molecular weight excluding hydrogens is 344 g/mol. The van der Waals surface area contributed by atoms with Crippen LogP contribution in [0.1, 0.15) is 27.8 Å². The van der Waals surface area contributed by atoms with Crippen molar-refractivity contribution in [3.8, 4) is 0 Å². The van der Waals surface area contributed by atoms with E-state index in [1.165, 1.54) is 4.88 Å². The summed E-state index contributed by atoms with van der Waals surface area (Å²) in [6.45, 7) is 2.09. The molecule has 1 amide bonds. The van der Waals surface area contributed by atoms with E-state index in [0.717, 1.165) is 11.3 Å². The summed E-state index contributed by atoms with van der Waals surface area (Å²) in [6.07, 6.45) is 2.56. The van der Waals surface area contributed by atoms with E-state index in [1.54, 1.807) is 66.1 Å². The quantitative estimate of drug-likeness (QED) is 0.517. The van der Waals surface area contributed by atoms with Crippen LogP contribution in [-0.2, 0) is 16.8 Å². The predicted octanol–water partition coefficient (Wildman–Crippen LogP) is 3.70. The van der Waals surface area contributed by atoms with Crippen LogP contribution in [0.25, 0.3) is 0 Å². The van der Waals surface area contributed by atoms with Crippen molar-refractivity contribution in [3.05, 3.63) is 93.7 Å². The lowest BCUT2D eigenvalue weighted by atomic mass is 9.85. The third-order valence-corrected chi connectivity index (χ3v) is 5.26. The van der Waals surface area contributed by atoms with Crippen LogP contribution in [0.2, 0.25) is 0 Å². The molecule has 3 rings (SSSR count). The second-order valence-corrected chi connectivity index (χ2v) is 7.00. The summed E-state index contributed by atoms with van der Waals surface area (Å²) in [7, 11) is 0. The molecule has 2 N–H and O–H groups in total. The zero-order valence-electron chi connectivity index (χ0n) is 14.4. The van der Waals surface area contributed by atoms with Crippen molar-refractivity contribution in [1.82, 2.24) is 5.43 Å². The minimum Gasteiger partial charge on any atom is -0.372 e. The van der Waals surface area contributed by atoms with Crippen molar-refractivity contribution in [2.45, 2.75) is 18.9 Å². The molecule has 0 aliphatic heterocycles. The molecular formula is C21H20N2O2S. The SMILES string of the molecule is CCc1ccc(/C=N\NC(=O)C(O)(c2ccccc2)c2ccccc2)s1. The molecule has 0 aliphatic rings. The van der Waals surface area contributed by atoms with Gasteiger partial charge < -0.3 is 5.11 Å². The number of carbonyl (C=O) groups is 1. The van der Waals surface area contributed by atoms with Crippen molar-refractivity contribution in [1.29, 1.82) is 0 Å². The van der Waals surface area contributed by atoms with Crippen molar-refractivity contribution in [2.75, 3.05) is 0 Å². The van der Waals surface area contributed by atoms with Gasteiger partial charge in [0.2, 0.25) is 0 Å². The van der Waals surface area contributed by atoms with E-state index >= 15 is 0 Å². The number of amides is 1. The number of hydrogen-bond acceptors (Lipinski definition) is 4. The summed E-state index contributed by atoms with van der Waals surface area (Å²) >= 11 is 1.62. The highest BCUT2D eigenvalue weighted by atomic mass is 32.1. The Morgan fingerprint density at radius 1 is 1.04 bits per heavy atom. The molecule has 0 spiro atoms. The molecule has 0 bridgehead atoms. The Kier molecular flexibility index (Phi) is 5.61. The summed E-state index contributed by atoms with van der Waals surface area (Å²) in [5.41, 5.74) is 1.65. The number of aliphatic hydroxyl groups is 1. The van der Waals surface area contributed by atoms with Gasteiger partial charge in [-0.25, -0.2) is 5.43 Å². The average molecular weight is 364 g/mol. The molecule has 2 aromatic carbocycles. The zero-order chi connectivity index (χ0) is 18.4. The van der Waals surface area contributed by atoms with Gasteiger partial charge in [-0.2, -0.15) is 5.10 Å². The monoisotopic (exact) mass is 364 g/mol. The number of nitrogens with zero attached hydrogens (tertiary/aromatic N) is 1. The Hall–Kier alpha value is -2.76. The van der Waals surface area contributed by atoms with Gasteiger partial charge in [0.15, 0.2) is 5.60 Å². The fourth-order valence-corrected chi connectivity index (χ4v) is 3.50. The Labute approximate surface area is 156 Å². The maximum absolute atomic E-state index is 12.8. The topological polar surface area (TPSA) is 61.7 Å². The highest BCUT2D eigenvalue weighted by Gasteiger charge is 2.39. The Balaban J connectivity index is 1.86. The molecule has 132 valence electrons. The summed E-state index contributed by atoms with van der Waals surface area (Å²) in [5, 5.41) is 15.3. The Morgan fingerprint density at radius 3 is 2.12 bits per heavy atom. The van der Waals surface area contributed by atoms with Crippen LogP contribution in [0.3, 0.4) is 0 Å². The van der Waals surface area contributed by atoms with Gasteiger partial charge in [-0.05, 0) is 29.7 Å². The lowest BCUT2D eigenvalue weighted by Crippen LogP contribution is -2.43. The molecule has 0 saturated carbocycles. The lowest BCUT2D eigenvalue weighted by Gasteiger charge is -2.26. The lowest BCUT2D eigenvalue weighted by molar-refractivity contribution is -0.136. The van der Waals surface area contributed by atoms with Gasteiger partial charge in [-0.3, -0.25) is 4.79 Å². The molecule has 0 fully saturated rings. The first-order chi connectivity index (χ1) is 12.6. The van der Waals surface area contributed by atoms with E-state index in [9.17, 15) is 9.90 Å². The Bertz CT molecular complexity index is 849. The van der Waals surface area contributed by atoms with E-state index in [4.69, 9.17) is 0 Å². The number of thiophene rings is 1.